The average Bonchev–Trinajstić information content (AvgIpc) is 3.39. The zero-order chi connectivity index (χ0) is 28.4. The molecule has 0 spiro atoms. The third kappa shape index (κ3) is 5.26. The quantitative estimate of drug-likeness (QED) is 0.264. The lowest BCUT2D eigenvalue weighted by atomic mass is 10.1. The van der Waals surface area contributed by atoms with Crippen molar-refractivity contribution in [2.45, 2.75) is 13.0 Å². The molecule has 0 bridgehead atoms. The van der Waals surface area contributed by atoms with E-state index in [0.29, 0.717) is 22.4 Å². The first-order valence-electron chi connectivity index (χ1n) is 12.1. The van der Waals surface area contributed by atoms with Crippen molar-refractivity contribution in [1.82, 2.24) is 34.0 Å². The van der Waals surface area contributed by atoms with Gasteiger partial charge in [0.15, 0.2) is 5.65 Å². The van der Waals surface area contributed by atoms with Gasteiger partial charge in [-0.2, -0.15) is 0 Å². The summed E-state index contributed by atoms with van der Waals surface area (Å²) in [6, 6.07) is 13.2. The number of rotatable bonds is 6. The van der Waals surface area contributed by atoms with Gasteiger partial charge < -0.3 is 11.1 Å². The van der Waals surface area contributed by atoms with Crippen LogP contribution in [0.4, 0.5) is 5.82 Å². The van der Waals surface area contributed by atoms with Gasteiger partial charge in [0, 0.05) is 18.0 Å². The van der Waals surface area contributed by atoms with E-state index >= 15 is 0 Å². The van der Waals surface area contributed by atoms with E-state index in [0.717, 1.165) is 6.26 Å². The number of nitrogens with zero attached hydrogens (tertiary/aromatic N) is 5. The highest BCUT2D eigenvalue weighted by Gasteiger charge is 2.24. The van der Waals surface area contributed by atoms with Crippen LogP contribution in [0.5, 0.6) is 0 Å². The largest absolute Gasteiger partial charge is 0.383 e. The van der Waals surface area contributed by atoms with Crippen LogP contribution in [0.2, 0.25) is 0 Å². The Kier molecular flexibility index (Phi) is 7.03. The number of nitrogens with two attached hydrogens (primary N) is 1. The molecule has 2 aromatic carbocycles. The summed E-state index contributed by atoms with van der Waals surface area (Å²) in [5.41, 5.74) is 7.37. The fraction of sp³-hybridized carbons (Fsp3) is 0.148. The van der Waals surface area contributed by atoms with Gasteiger partial charge >= 0.3 is 0 Å². The maximum atomic E-state index is 14.0. The molecule has 0 aliphatic heterocycles. The first-order valence-corrected chi connectivity index (χ1v) is 14.0. The number of benzene rings is 2. The fourth-order valence-corrected chi connectivity index (χ4v) is 4.56. The molecule has 13 heteroatoms. The van der Waals surface area contributed by atoms with Gasteiger partial charge in [0.05, 0.1) is 35.4 Å². The molecule has 0 radical (unpaired) electrons. The van der Waals surface area contributed by atoms with Gasteiger partial charge in [-0.1, -0.05) is 36.1 Å². The number of fused-ring (bicyclic) bond motifs is 2. The second-order valence-electron chi connectivity index (χ2n) is 8.90. The predicted octanol–water partition coefficient (Wildman–Crippen LogP) is 1.40. The number of anilines is 1. The van der Waals surface area contributed by atoms with Gasteiger partial charge in [0.1, 0.15) is 23.5 Å². The molecule has 3 aromatic heterocycles. The molecule has 202 valence electrons. The highest BCUT2D eigenvalue weighted by atomic mass is 32.2. The van der Waals surface area contributed by atoms with Crippen molar-refractivity contribution in [2.24, 2.45) is 0 Å². The number of nitrogen functional groups attached to an aromatic ring is 1. The van der Waals surface area contributed by atoms with Crippen LogP contribution in [0, 0.1) is 11.8 Å². The Morgan fingerprint density at radius 1 is 1.12 bits per heavy atom. The lowest BCUT2D eigenvalue weighted by molar-refractivity contribution is 0.0939. The second-order valence-corrected chi connectivity index (χ2v) is 10.7. The average molecular weight is 557 g/mol. The number of nitrogens with one attached hydrogen (secondary N) is 2. The van der Waals surface area contributed by atoms with Gasteiger partial charge in [-0.05, 0) is 31.2 Å². The Balaban J connectivity index is 1.61. The predicted molar refractivity (Wildman–Crippen MR) is 150 cm³/mol. The van der Waals surface area contributed by atoms with E-state index in [4.69, 9.17) is 10.7 Å². The van der Waals surface area contributed by atoms with Gasteiger partial charge in [-0.3, -0.25) is 18.6 Å². The first-order chi connectivity index (χ1) is 19.1. The van der Waals surface area contributed by atoms with Gasteiger partial charge in [-0.25, -0.2) is 28.1 Å². The zero-order valence-electron chi connectivity index (χ0n) is 21.5. The third-order valence-corrected chi connectivity index (χ3v) is 6.68. The van der Waals surface area contributed by atoms with Gasteiger partial charge in [-0.15, -0.1) is 0 Å². The number of amides is 1. The Labute approximate surface area is 229 Å². The number of aromatic nitrogens is 5. The van der Waals surface area contributed by atoms with E-state index in [2.05, 4.69) is 31.8 Å². The van der Waals surface area contributed by atoms with Gasteiger partial charge in [0.25, 0.3) is 11.5 Å². The van der Waals surface area contributed by atoms with Crippen LogP contribution in [0.1, 0.15) is 34.7 Å². The number of hydrogen-bond donors (Lipinski definition) is 3. The lowest BCUT2D eigenvalue weighted by Gasteiger charge is -2.20. The van der Waals surface area contributed by atoms with Crippen LogP contribution in [0.15, 0.2) is 72.0 Å². The van der Waals surface area contributed by atoms with Crippen LogP contribution in [-0.2, 0) is 10.0 Å². The minimum absolute atomic E-state index is 0.0175. The molecular weight excluding hydrogens is 532 g/mol. The topological polar surface area (TPSA) is 166 Å². The smallest absolute Gasteiger partial charge is 0.267 e. The summed E-state index contributed by atoms with van der Waals surface area (Å²) in [4.78, 5) is 40.4. The molecule has 3 heterocycles. The molecule has 5 rings (SSSR count). The van der Waals surface area contributed by atoms with Crippen molar-refractivity contribution in [1.29, 1.82) is 0 Å². The molecule has 0 saturated heterocycles. The number of para-hydroxylation sites is 1. The molecular formula is C27H24N8O4S. The van der Waals surface area contributed by atoms with Crippen LogP contribution < -0.4 is 21.3 Å². The monoisotopic (exact) mass is 556 g/mol. The maximum absolute atomic E-state index is 14.0. The SMILES string of the molecule is CC(NC(=O)c1c(N)ncn2ccnc12)c1nc2cccc(C#CCNS(C)(=O)=O)c2c(=O)n1-c1ccccc1. The van der Waals surface area contributed by atoms with Crippen LogP contribution in [0.3, 0.4) is 0 Å². The van der Waals surface area contributed by atoms with Crippen molar-refractivity contribution in [3.05, 3.63) is 94.6 Å². The summed E-state index contributed by atoms with van der Waals surface area (Å²) in [6.45, 7) is 1.60. The first kappa shape index (κ1) is 26.5. The molecule has 4 N–H and O–H groups in total. The summed E-state index contributed by atoms with van der Waals surface area (Å²) in [6.07, 6.45) is 5.69. The fourth-order valence-electron chi connectivity index (χ4n) is 4.23. The maximum Gasteiger partial charge on any atom is 0.267 e. The summed E-state index contributed by atoms with van der Waals surface area (Å²) in [5, 5.41) is 3.14. The molecule has 1 unspecified atom stereocenters. The number of hydrogen-bond acceptors (Lipinski definition) is 8. The standard InChI is InChI=1S/C27H24N8O4S/c1-17(32-26(36)22-23(28)30-16-34-15-14-29-25(22)34)24-33-20-12-6-8-18(9-7-13-31-40(2,38)39)21(20)27(37)35(24)19-10-4-3-5-11-19/h3-6,8,10-12,14-17,31H,13,28H2,1-2H3,(H,32,36). The van der Waals surface area contributed by atoms with E-state index in [1.807, 2.05) is 6.07 Å². The van der Waals surface area contributed by atoms with Crippen LogP contribution >= 0.6 is 0 Å². The minimum atomic E-state index is -3.41. The number of sulfonamides is 1. The molecule has 0 aliphatic carbocycles. The van der Waals surface area contributed by atoms with E-state index < -0.39 is 27.5 Å². The Morgan fingerprint density at radius 3 is 2.65 bits per heavy atom. The Bertz CT molecular complexity index is 1990. The summed E-state index contributed by atoms with van der Waals surface area (Å²) >= 11 is 0. The van der Waals surface area contributed by atoms with Crippen molar-refractivity contribution in [3.8, 4) is 17.5 Å². The molecule has 1 atom stereocenters. The molecule has 0 fully saturated rings. The van der Waals surface area contributed by atoms with Crippen LogP contribution in [-0.4, -0.2) is 51.0 Å². The van der Waals surface area contributed by atoms with E-state index in [9.17, 15) is 18.0 Å². The Hall–Kier alpha value is -5.06. The van der Waals surface area contributed by atoms with Crippen molar-refractivity contribution in [3.63, 3.8) is 0 Å². The minimum Gasteiger partial charge on any atom is -0.383 e. The number of imidazole rings is 1. The van der Waals surface area contributed by atoms with Crippen molar-refractivity contribution < 1.29 is 13.2 Å². The summed E-state index contributed by atoms with van der Waals surface area (Å²) < 4.78 is 28.0. The molecule has 0 saturated carbocycles. The van der Waals surface area contributed by atoms with E-state index in [1.165, 1.54) is 17.1 Å². The molecule has 40 heavy (non-hydrogen) atoms. The summed E-state index contributed by atoms with van der Waals surface area (Å²) in [7, 11) is -3.41. The lowest BCUT2D eigenvalue weighted by Crippen LogP contribution is -2.34. The highest BCUT2D eigenvalue weighted by Crippen LogP contribution is 2.22. The molecule has 5 aromatic rings. The normalized spacial score (nSPS) is 12.2. The molecule has 1 amide bonds. The third-order valence-electron chi connectivity index (χ3n) is 6.02. The van der Waals surface area contributed by atoms with Gasteiger partial charge in [0.2, 0.25) is 10.0 Å². The van der Waals surface area contributed by atoms with Crippen molar-refractivity contribution >= 4 is 38.3 Å². The highest BCUT2D eigenvalue weighted by molar-refractivity contribution is 7.88. The van der Waals surface area contributed by atoms with Crippen LogP contribution in [0.25, 0.3) is 22.2 Å². The second kappa shape index (κ2) is 10.6. The Morgan fingerprint density at radius 2 is 1.90 bits per heavy atom. The number of carbonyl (C=O) groups is 1. The molecule has 12 nitrogen and oxygen atoms in total. The van der Waals surface area contributed by atoms with E-state index in [1.54, 1.807) is 60.0 Å². The molecule has 0 aliphatic rings. The van der Waals surface area contributed by atoms with Crippen molar-refractivity contribution in [2.75, 3.05) is 18.5 Å². The zero-order valence-corrected chi connectivity index (χ0v) is 22.3. The summed E-state index contributed by atoms with van der Waals surface area (Å²) in [5.74, 6) is 5.38. The van der Waals surface area contributed by atoms with E-state index in [-0.39, 0.29) is 29.1 Å². The number of carbonyl (C=O) groups excluding carboxylic acids is 1.